The van der Waals surface area contributed by atoms with E-state index in [0.717, 1.165) is 16.7 Å². The Morgan fingerprint density at radius 2 is 2.19 bits per heavy atom. The summed E-state index contributed by atoms with van der Waals surface area (Å²) in [4.78, 5) is 37.6. The third-order valence-electron chi connectivity index (χ3n) is 3.98. The SMILES string of the molecule is O=C(CCN1C(=O)S/C(=C/c2cccc(F)c2)C1=O)N[C@H]1CSC[C@@H]1O. The number of aliphatic hydroxyl groups is 1. The molecule has 138 valence electrons. The van der Waals surface area contributed by atoms with Crippen LogP contribution >= 0.6 is 23.5 Å². The highest BCUT2D eigenvalue weighted by Crippen LogP contribution is 2.32. The van der Waals surface area contributed by atoms with Crippen LogP contribution in [0.4, 0.5) is 9.18 Å². The molecule has 0 saturated carbocycles. The highest BCUT2D eigenvalue weighted by Gasteiger charge is 2.35. The van der Waals surface area contributed by atoms with Gasteiger partial charge < -0.3 is 10.4 Å². The number of carbonyl (C=O) groups is 3. The molecular formula is C17H17FN2O4S2. The van der Waals surface area contributed by atoms with Crippen molar-refractivity contribution in [1.29, 1.82) is 0 Å². The number of amides is 3. The van der Waals surface area contributed by atoms with Crippen molar-refractivity contribution in [2.75, 3.05) is 18.1 Å². The summed E-state index contributed by atoms with van der Waals surface area (Å²) in [5.74, 6) is -0.0100. The predicted molar refractivity (Wildman–Crippen MR) is 99.0 cm³/mol. The van der Waals surface area contributed by atoms with Gasteiger partial charge in [0.25, 0.3) is 11.1 Å². The zero-order valence-corrected chi connectivity index (χ0v) is 15.3. The Labute approximate surface area is 158 Å². The zero-order valence-electron chi connectivity index (χ0n) is 13.7. The third-order valence-corrected chi connectivity index (χ3v) is 6.06. The van der Waals surface area contributed by atoms with Crippen LogP contribution in [-0.2, 0) is 9.59 Å². The van der Waals surface area contributed by atoms with Crippen LogP contribution < -0.4 is 5.32 Å². The maximum Gasteiger partial charge on any atom is 0.293 e. The van der Waals surface area contributed by atoms with Crippen LogP contribution in [0.3, 0.4) is 0 Å². The van der Waals surface area contributed by atoms with Crippen LogP contribution in [0.2, 0.25) is 0 Å². The zero-order chi connectivity index (χ0) is 18.7. The van der Waals surface area contributed by atoms with Crippen LogP contribution in [0, 0.1) is 5.82 Å². The number of hydrogen-bond acceptors (Lipinski definition) is 6. The summed E-state index contributed by atoms with van der Waals surface area (Å²) >= 11 is 2.33. The maximum atomic E-state index is 13.2. The van der Waals surface area contributed by atoms with E-state index in [1.54, 1.807) is 17.8 Å². The molecule has 26 heavy (non-hydrogen) atoms. The highest BCUT2D eigenvalue weighted by atomic mass is 32.2. The lowest BCUT2D eigenvalue weighted by molar-refractivity contribution is -0.124. The molecule has 0 bridgehead atoms. The molecule has 0 aliphatic carbocycles. The minimum Gasteiger partial charge on any atom is -0.390 e. The molecule has 0 spiro atoms. The molecule has 0 aromatic heterocycles. The molecule has 2 aliphatic rings. The lowest BCUT2D eigenvalue weighted by Crippen LogP contribution is -2.43. The molecule has 1 aromatic rings. The molecule has 2 atom stereocenters. The van der Waals surface area contributed by atoms with Gasteiger partial charge in [-0.05, 0) is 35.5 Å². The van der Waals surface area contributed by atoms with Gasteiger partial charge in [0.2, 0.25) is 5.91 Å². The number of rotatable bonds is 5. The molecule has 2 N–H and O–H groups in total. The fourth-order valence-electron chi connectivity index (χ4n) is 2.61. The van der Waals surface area contributed by atoms with E-state index in [1.165, 1.54) is 24.3 Å². The second-order valence-electron chi connectivity index (χ2n) is 5.92. The van der Waals surface area contributed by atoms with Gasteiger partial charge in [-0.1, -0.05) is 12.1 Å². The average Bonchev–Trinajstić information content (AvgIpc) is 3.10. The number of nitrogens with zero attached hydrogens (tertiary/aromatic N) is 1. The third kappa shape index (κ3) is 4.46. The Balaban J connectivity index is 1.58. The van der Waals surface area contributed by atoms with Crippen molar-refractivity contribution >= 4 is 46.7 Å². The first kappa shape index (κ1) is 18.9. The summed E-state index contributed by atoms with van der Waals surface area (Å²) in [6.45, 7) is -0.0348. The van der Waals surface area contributed by atoms with Crippen LogP contribution in [-0.4, -0.2) is 57.3 Å². The lowest BCUT2D eigenvalue weighted by atomic mass is 10.2. The van der Waals surface area contributed by atoms with E-state index < -0.39 is 23.1 Å². The fraction of sp³-hybridized carbons (Fsp3) is 0.353. The van der Waals surface area contributed by atoms with Gasteiger partial charge >= 0.3 is 0 Å². The van der Waals surface area contributed by atoms with Gasteiger partial charge in [-0.3, -0.25) is 19.3 Å². The van der Waals surface area contributed by atoms with Crippen molar-refractivity contribution in [2.24, 2.45) is 0 Å². The minimum absolute atomic E-state index is 0.0286. The minimum atomic E-state index is -0.574. The first-order valence-electron chi connectivity index (χ1n) is 8.00. The molecule has 2 aliphatic heterocycles. The van der Waals surface area contributed by atoms with Crippen molar-refractivity contribution in [1.82, 2.24) is 10.2 Å². The van der Waals surface area contributed by atoms with Crippen molar-refractivity contribution < 1.29 is 23.9 Å². The summed E-state index contributed by atoms with van der Waals surface area (Å²) in [6, 6.07) is 5.42. The van der Waals surface area contributed by atoms with Gasteiger partial charge in [-0.25, -0.2) is 4.39 Å². The summed E-state index contributed by atoms with van der Waals surface area (Å²) in [7, 11) is 0. The van der Waals surface area contributed by atoms with E-state index in [1.807, 2.05) is 0 Å². The van der Waals surface area contributed by atoms with Gasteiger partial charge in [0, 0.05) is 24.5 Å². The van der Waals surface area contributed by atoms with Gasteiger partial charge in [0.1, 0.15) is 5.82 Å². The van der Waals surface area contributed by atoms with E-state index in [4.69, 9.17) is 0 Å². The average molecular weight is 396 g/mol. The van der Waals surface area contributed by atoms with Gasteiger partial charge in [-0.2, -0.15) is 11.8 Å². The van der Waals surface area contributed by atoms with Crippen molar-refractivity contribution in [2.45, 2.75) is 18.6 Å². The quantitative estimate of drug-likeness (QED) is 0.739. The van der Waals surface area contributed by atoms with E-state index in [9.17, 15) is 23.9 Å². The normalized spacial score (nSPS) is 24.5. The number of benzene rings is 1. The van der Waals surface area contributed by atoms with Crippen LogP contribution in [0.1, 0.15) is 12.0 Å². The summed E-state index contributed by atoms with van der Waals surface area (Å²) < 4.78 is 13.2. The molecule has 9 heteroatoms. The molecular weight excluding hydrogens is 379 g/mol. The molecule has 0 unspecified atom stereocenters. The fourth-order valence-corrected chi connectivity index (χ4v) is 4.65. The summed E-state index contributed by atoms with van der Waals surface area (Å²) in [5.41, 5.74) is 0.487. The highest BCUT2D eigenvalue weighted by molar-refractivity contribution is 8.18. The number of nitrogens with one attached hydrogen (secondary N) is 1. The molecule has 2 saturated heterocycles. The second-order valence-corrected chi connectivity index (χ2v) is 7.99. The molecule has 2 heterocycles. The number of halogens is 1. The molecule has 3 rings (SSSR count). The standard InChI is InChI=1S/C17H17FN2O4S2/c18-11-3-1-2-10(6-11)7-14-16(23)20(17(24)26-14)5-4-15(22)19-12-8-25-9-13(12)21/h1-3,6-7,12-13,21H,4-5,8-9H2,(H,19,22)/b14-7+/t12-,13-/m0/s1. The first-order valence-corrected chi connectivity index (χ1v) is 9.97. The second kappa shape index (κ2) is 8.24. The smallest absolute Gasteiger partial charge is 0.293 e. The number of thioether (sulfide) groups is 2. The van der Waals surface area contributed by atoms with Gasteiger partial charge in [-0.15, -0.1) is 0 Å². The van der Waals surface area contributed by atoms with E-state index in [-0.39, 0.29) is 29.8 Å². The molecule has 0 radical (unpaired) electrons. The number of carbonyl (C=O) groups excluding carboxylic acids is 3. The number of imide groups is 1. The Hall–Kier alpha value is -1.84. The summed E-state index contributed by atoms with van der Waals surface area (Å²) in [5, 5.41) is 12.0. The van der Waals surface area contributed by atoms with Gasteiger partial charge in [0.15, 0.2) is 0 Å². The van der Waals surface area contributed by atoms with Crippen molar-refractivity contribution in [3.8, 4) is 0 Å². The lowest BCUT2D eigenvalue weighted by Gasteiger charge is -2.17. The molecule has 3 amide bonds. The van der Waals surface area contributed by atoms with E-state index in [2.05, 4.69) is 5.32 Å². The number of hydrogen-bond donors (Lipinski definition) is 2. The first-order chi connectivity index (χ1) is 12.4. The van der Waals surface area contributed by atoms with Crippen LogP contribution in [0.5, 0.6) is 0 Å². The van der Waals surface area contributed by atoms with E-state index >= 15 is 0 Å². The maximum absolute atomic E-state index is 13.2. The van der Waals surface area contributed by atoms with E-state index in [0.29, 0.717) is 17.1 Å². The van der Waals surface area contributed by atoms with Gasteiger partial charge in [0.05, 0.1) is 17.1 Å². The summed E-state index contributed by atoms with van der Waals surface area (Å²) in [6.07, 6.45) is 0.856. The Kier molecular flexibility index (Phi) is 6.00. The Morgan fingerprint density at radius 1 is 1.38 bits per heavy atom. The molecule has 1 aromatic carbocycles. The molecule has 2 fully saturated rings. The van der Waals surface area contributed by atoms with Crippen molar-refractivity contribution in [3.05, 3.63) is 40.6 Å². The van der Waals surface area contributed by atoms with Crippen LogP contribution in [0.15, 0.2) is 29.2 Å². The van der Waals surface area contributed by atoms with Crippen LogP contribution in [0.25, 0.3) is 6.08 Å². The monoisotopic (exact) mass is 396 g/mol. The Morgan fingerprint density at radius 3 is 2.88 bits per heavy atom. The number of aliphatic hydroxyl groups excluding tert-OH is 1. The van der Waals surface area contributed by atoms with Crippen molar-refractivity contribution in [3.63, 3.8) is 0 Å². The molecule has 6 nitrogen and oxygen atoms in total. The Bertz CT molecular complexity index is 771. The largest absolute Gasteiger partial charge is 0.390 e. The topological polar surface area (TPSA) is 86.7 Å². The predicted octanol–water partition coefficient (Wildman–Crippen LogP) is 1.84.